The summed E-state index contributed by atoms with van der Waals surface area (Å²) in [6, 6.07) is 17.2. The second-order valence-electron chi connectivity index (χ2n) is 10.3. The van der Waals surface area contributed by atoms with Crippen LogP contribution >= 0.6 is 0 Å². The maximum absolute atomic E-state index is 6.37. The van der Waals surface area contributed by atoms with Crippen molar-refractivity contribution < 1.29 is 9.22 Å². The van der Waals surface area contributed by atoms with E-state index in [0.717, 1.165) is 28.9 Å². The van der Waals surface area contributed by atoms with Crippen LogP contribution in [-0.2, 0) is 12.0 Å². The van der Waals surface area contributed by atoms with Gasteiger partial charge in [0.2, 0.25) is 0 Å². The first-order valence-corrected chi connectivity index (χ1v) is 11.3. The minimum Gasteiger partial charge on any atom is -0.457 e. The number of hydrogen-bond acceptors (Lipinski definition) is 1. The Bertz CT molecular complexity index is 756. The number of hydrogen-bond donors (Lipinski definition) is 0. The van der Waals surface area contributed by atoms with Crippen LogP contribution in [0.1, 0.15) is 72.9 Å². The highest BCUT2D eigenvalue weighted by molar-refractivity contribution is 5.42. The van der Waals surface area contributed by atoms with E-state index in [-0.39, 0.29) is 10.8 Å². The average Bonchev–Trinajstić information content (AvgIpc) is 2.66. The number of para-hydroxylation sites is 1. The first-order valence-electron chi connectivity index (χ1n) is 11.3. The highest BCUT2D eigenvalue weighted by Gasteiger charge is 2.30. The van der Waals surface area contributed by atoms with Crippen LogP contribution in [0, 0.1) is 5.41 Å². The number of ether oxygens (including phenoxy) is 1. The predicted molar refractivity (Wildman–Crippen MR) is 126 cm³/mol. The molecule has 0 saturated heterocycles. The van der Waals surface area contributed by atoms with E-state index in [0.29, 0.717) is 0 Å². The monoisotopic (exact) mass is 396 g/mol. The molecule has 29 heavy (non-hydrogen) atoms. The van der Waals surface area contributed by atoms with Crippen LogP contribution in [-0.4, -0.2) is 24.1 Å². The van der Waals surface area contributed by atoms with Gasteiger partial charge in [-0.1, -0.05) is 52.8 Å². The van der Waals surface area contributed by atoms with Crippen molar-refractivity contribution in [2.45, 2.75) is 73.8 Å². The smallest absolute Gasteiger partial charge is 0.131 e. The van der Waals surface area contributed by atoms with Crippen LogP contribution in [0.25, 0.3) is 0 Å². The Morgan fingerprint density at radius 2 is 1.31 bits per heavy atom. The van der Waals surface area contributed by atoms with Crippen molar-refractivity contribution in [2.75, 3.05) is 19.6 Å². The van der Waals surface area contributed by atoms with Crippen LogP contribution in [0.15, 0.2) is 48.5 Å². The second kappa shape index (κ2) is 9.34. The number of nitrogens with zero attached hydrogens (tertiary/aromatic N) is 1. The third-order valence-corrected chi connectivity index (χ3v) is 6.27. The van der Waals surface area contributed by atoms with Gasteiger partial charge in [0.1, 0.15) is 18.0 Å². The summed E-state index contributed by atoms with van der Waals surface area (Å²) in [6.45, 7) is 23.0. The molecule has 0 heterocycles. The Balaban J connectivity index is 2.21. The molecule has 0 N–H and O–H groups in total. The lowest BCUT2D eigenvalue weighted by Gasteiger charge is -2.36. The Morgan fingerprint density at radius 3 is 1.83 bits per heavy atom. The zero-order chi connectivity index (χ0) is 21.7. The fourth-order valence-electron chi connectivity index (χ4n) is 4.72. The minimum atomic E-state index is 0.0508. The Labute approximate surface area is 179 Å². The predicted octanol–water partition coefficient (Wildman–Crippen LogP) is 7.57. The quantitative estimate of drug-likeness (QED) is 0.397. The highest BCUT2D eigenvalue weighted by atomic mass is 16.5. The summed E-state index contributed by atoms with van der Waals surface area (Å²) in [7, 11) is 0. The first kappa shape index (κ1) is 23.5. The Kier molecular flexibility index (Phi) is 7.56. The van der Waals surface area contributed by atoms with Crippen LogP contribution < -0.4 is 4.74 Å². The molecule has 0 saturated carbocycles. The molecule has 0 bridgehead atoms. The molecule has 0 amide bonds. The molecule has 0 radical (unpaired) electrons. The number of quaternary nitrogens is 1. The van der Waals surface area contributed by atoms with Crippen molar-refractivity contribution in [1.29, 1.82) is 0 Å². The zero-order valence-corrected chi connectivity index (χ0v) is 20.0. The normalized spacial score (nSPS) is 12.8. The molecule has 0 atom stereocenters. The van der Waals surface area contributed by atoms with Gasteiger partial charge >= 0.3 is 0 Å². The molecule has 0 unspecified atom stereocenters. The van der Waals surface area contributed by atoms with E-state index in [2.05, 4.69) is 104 Å². The molecule has 0 aliphatic rings. The molecule has 0 aromatic heterocycles. The largest absolute Gasteiger partial charge is 0.457 e. The average molecular weight is 397 g/mol. The van der Waals surface area contributed by atoms with Crippen LogP contribution in [0.2, 0.25) is 0 Å². The number of rotatable bonds is 9. The number of benzene rings is 2. The van der Waals surface area contributed by atoms with Gasteiger partial charge in [-0.2, -0.15) is 0 Å². The van der Waals surface area contributed by atoms with Gasteiger partial charge in [0.05, 0.1) is 19.6 Å². The fourth-order valence-corrected chi connectivity index (χ4v) is 4.72. The minimum absolute atomic E-state index is 0.0508. The molecule has 2 rings (SSSR count). The van der Waals surface area contributed by atoms with Crippen LogP contribution in [0.5, 0.6) is 11.5 Å². The van der Waals surface area contributed by atoms with Gasteiger partial charge in [-0.15, -0.1) is 0 Å². The molecular weight excluding hydrogens is 354 g/mol. The molecule has 2 heteroatoms. The molecule has 2 aromatic rings. The second-order valence-corrected chi connectivity index (χ2v) is 10.3. The summed E-state index contributed by atoms with van der Waals surface area (Å²) >= 11 is 0. The van der Waals surface area contributed by atoms with Gasteiger partial charge in [-0.05, 0) is 68.4 Å². The van der Waals surface area contributed by atoms with Gasteiger partial charge in [-0.3, -0.25) is 0 Å². The molecule has 2 nitrogen and oxygen atoms in total. The maximum Gasteiger partial charge on any atom is 0.131 e. The zero-order valence-electron chi connectivity index (χ0n) is 20.0. The summed E-state index contributed by atoms with van der Waals surface area (Å²) in [5, 5.41) is 0. The molecular formula is C27H42NO+. The third-order valence-electron chi connectivity index (χ3n) is 6.27. The molecule has 2 aromatic carbocycles. The lowest BCUT2D eigenvalue weighted by molar-refractivity contribution is -0.936. The maximum atomic E-state index is 6.37. The van der Waals surface area contributed by atoms with E-state index in [1.165, 1.54) is 30.8 Å². The molecule has 0 spiro atoms. The van der Waals surface area contributed by atoms with E-state index in [1.807, 2.05) is 0 Å². The topological polar surface area (TPSA) is 9.23 Å². The summed E-state index contributed by atoms with van der Waals surface area (Å²) < 4.78 is 7.50. The molecule has 160 valence electrons. The van der Waals surface area contributed by atoms with E-state index in [4.69, 9.17) is 4.74 Å². The van der Waals surface area contributed by atoms with Crippen molar-refractivity contribution >= 4 is 0 Å². The Hall–Kier alpha value is -1.80. The molecule has 0 aliphatic heterocycles. The SMILES string of the molecule is CC[N+](CC)(CC)Cc1ccc(Oc2ccccc2C(C)(C)CC(C)(C)C)cc1. The van der Waals surface area contributed by atoms with Crippen LogP contribution in [0.3, 0.4) is 0 Å². The lowest BCUT2D eigenvalue weighted by atomic mass is 9.72. The highest BCUT2D eigenvalue weighted by Crippen LogP contribution is 2.41. The van der Waals surface area contributed by atoms with E-state index >= 15 is 0 Å². The summed E-state index contributed by atoms with van der Waals surface area (Å²) in [5.74, 6) is 1.88. The standard InChI is InChI=1S/C27H42NO/c1-9-28(10-2,11-3)20-22-16-18-23(19-17-22)29-25-15-13-12-14-24(25)27(7,8)21-26(4,5)6/h12-19H,9-11,20-21H2,1-8H3/q+1. The van der Waals surface area contributed by atoms with Gasteiger partial charge in [-0.25, -0.2) is 0 Å². The Morgan fingerprint density at radius 1 is 0.759 bits per heavy atom. The molecule has 0 fully saturated rings. The first-order chi connectivity index (χ1) is 13.5. The van der Waals surface area contributed by atoms with E-state index in [9.17, 15) is 0 Å². The van der Waals surface area contributed by atoms with Crippen molar-refractivity contribution in [1.82, 2.24) is 0 Å². The molecule has 0 aliphatic carbocycles. The van der Waals surface area contributed by atoms with Crippen molar-refractivity contribution in [2.24, 2.45) is 5.41 Å². The van der Waals surface area contributed by atoms with E-state index in [1.54, 1.807) is 0 Å². The van der Waals surface area contributed by atoms with Gasteiger partial charge in [0.25, 0.3) is 0 Å². The van der Waals surface area contributed by atoms with Gasteiger partial charge in [0, 0.05) is 11.1 Å². The van der Waals surface area contributed by atoms with E-state index < -0.39 is 0 Å². The summed E-state index contributed by atoms with van der Waals surface area (Å²) in [4.78, 5) is 0. The third kappa shape index (κ3) is 6.34. The van der Waals surface area contributed by atoms with Crippen molar-refractivity contribution in [3.05, 3.63) is 59.7 Å². The van der Waals surface area contributed by atoms with Gasteiger partial charge < -0.3 is 9.22 Å². The van der Waals surface area contributed by atoms with Gasteiger partial charge in [0.15, 0.2) is 0 Å². The summed E-state index contributed by atoms with van der Waals surface area (Å²) in [5.41, 5.74) is 2.97. The van der Waals surface area contributed by atoms with Crippen LogP contribution in [0.4, 0.5) is 0 Å². The van der Waals surface area contributed by atoms with Crippen molar-refractivity contribution in [3.63, 3.8) is 0 Å². The fraction of sp³-hybridized carbons (Fsp3) is 0.556. The lowest BCUT2D eigenvalue weighted by Crippen LogP contribution is -2.46. The van der Waals surface area contributed by atoms with Crippen molar-refractivity contribution in [3.8, 4) is 11.5 Å². The summed E-state index contributed by atoms with van der Waals surface area (Å²) in [6.07, 6.45) is 1.10.